The zero-order chi connectivity index (χ0) is 14.4. The topological polar surface area (TPSA) is 78.6 Å². The summed E-state index contributed by atoms with van der Waals surface area (Å²) in [7, 11) is 0. The molecule has 1 aromatic rings. The second-order valence-electron chi connectivity index (χ2n) is 5.39. The van der Waals surface area contributed by atoms with Crippen molar-refractivity contribution < 1.29 is 14.4 Å². The third-order valence-corrected chi connectivity index (χ3v) is 3.82. The van der Waals surface area contributed by atoms with Crippen LogP contribution in [0.4, 0.5) is 0 Å². The molecule has 6 heteroatoms. The molecular formula is C14H23N3O3. The van der Waals surface area contributed by atoms with E-state index < -0.39 is 5.97 Å². The molecule has 1 aliphatic rings. The SMILES string of the molecule is CC1CCCCN1CCCNCc1cc(C(=O)O)no1. The second-order valence-corrected chi connectivity index (χ2v) is 5.39. The Bertz CT molecular complexity index is 433. The first-order valence-corrected chi connectivity index (χ1v) is 7.30. The van der Waals surface area contributed by atoms with Gasteiger partial charge in [0.25, 0.3) is 0 Å². The summed E-state index contributed by atoms with van der Waals surface area (Å²) in [6.45, 7) is 6.05. The monoisotopic (exact) mass is 281 g/mol. The predicted octanol–water partition coefficient (Wildman–Crippen LogP) is 1.73. The van der Waals surface area contributed by atoms with Crippen molar-refractivity contribution in [3.8, 4) is 0 Å². The number of carbonyl (C=O) groups is 1. The quantitative estimate of drug-likeness (QED) is 0.741. The predicted molar refractivity (Wildman–Crippen MR) is 74.7 cm³/mol. The van der Waals surface area contributed by atoms with E-state index in [0.717, 1.165) is 19.5 Å². The zero-order valence-corrected chi connectivity index (χ0v) is 12.0. The molecule has 0 radical (unpaired) electrons. The normalized spacial score (nSPS) is 20.1. The first kappa shape index (κ1) is 15.0. The summed E-state index contributed by atoms with van der Waals surface area (Å²) in [5, 5.41) is 15.5. The van der Waals surface area contributed by atoms with E-state index in [4.69, 9.17) is 9.63 Å². The van der Waals surface area contributed by atoms with Gasteiger partial charge in [0.15, 0.2) is 11.5 Å². The summed E-state index contributed by atoms with van der Waals surface area (Å²) in [6.07, 6.45) is 5.06. The zero-order valence-electron chi connectivity index (χ0n) is 12.0. The molecule has 20 heavy (non-hydrogen) atoms. The van der Waals surface area contributed by atoms with Gasteiger partial charge in [-0.25, -0.2) is 4.79 Å². The van der Waals surface area contributed by atoms with Crippen LogP contribution in [0, 0.1) is 0 Å². The molecule has 2 heterocycles. The van der Waals surface area contributed by atoms with Crippen molar-refractivity contribution in [1.82, 2.24) is 15.4 Å². The highest BCUT2D eigenvalue weighted by atomic mass is 16.5. The lowest BCUT2D eigenvalue weighted by molar-refractivity contribution is 0.0685. The molecule has 1 saturated heterocycles. The number of nitrogens with one attached hydrogen (secondary N) is 1. The van der Waals surface area contributed by atoms with E-state index in [1.54, 1.807) is 0 Å². The molecule has 0 amide bonds. The number of carboxylic acid groups (broad SMARTS) is 1. The summed E-state index contributed by atoms with van der Waals surface area (Å²) in [5.74, 6) is -0.493. The fourth-order valence-corrected chi connectivity index (χ4v) is 2.61. The third-order valence-electron chi connectivity index (χ3n) is 3.82. The highest BCUT2D eigenvalue weighted by Crippen LogP contribution is 2.16. The van der Waals surface area contributed by atoms with Crippen molar-refractivity contribution in [1.29, 1.82) is 0 Å². The van der Waals surface area contributed by atoms with E-state index in [1.165, 1.54) is 31.9 Å². The first-order chi connectivity index (χ1) is 9.66. The number of aromatic carboxylic acids is 1. The van der Waals surface area contributed by atoms with Crippen molar-refractivity contribution in [3.05, 3.63) is 17.5 Å². The fraction of sp³-hybridized carbons (Fsp3) is 0.714. The van der Waals surface area contributed by atoms with Crippen LogP contribution in [0.1, 0.15) is 48.9 Å². The molecule has 2 rings (SSSR count). The Morgan fingerprint density at radius 3 is 3.15 bits per heavy atom. The van der Waals surface area contributed by atoms with Crippen molar-refractivity contribution in [2.24, 2.45) is 0 Å². The van der Waals surface area contributed by atoms with Crippen molar-refractivity contribution in [2.75, 3.05) is 19.6 Å². The van der Waals surface area contributed by atoms with Crippen LogP contribution in [-0.2, 0) is 6.54 Å². The van der Waals surface area contributed by atoms with Crippen LogP contribution in [0.25, 0.3) is 0 Å². The molecular weight excluding hydrogens is 258 g/mol. The van der Waals surface area contributed by atoms with Gasteiger partial charge in [-0.3, -0.25) is 0 Å². The van der Waals surface area contributed by atoms with E-state index in [9.17, 15) is 4.79 Å². The maximum atomic E-state index is 10.6. The van der Waals surface area contributed by atoms with Crippen LogP contribution in [0.2, 0.25) is 0 Å². The summed E-state index contributed by atoms with van der Waals surface area (Å²) < 4.78 is 4.94. The number of piperidine rings is 1. The molecule has 1 fully saturated rings. The number of rotatable bonds is 7. The first-order valence-electron chi connectivity index (χ1n) is 7.30. The number of hydrogen-bond donors (Lipinski definition) is 2. The molecule has 2 N–H and O–H groups in total. The van der Waals surface area contributed by atoms with Crippen molar-refractivity contribution >= 4 is 5.97 Å². The van der Waals surface area contributed by atoms with Crippen LogP contribution in [0.3, 0.4) is 0 Å². The number of nitrogens with zero attached hydrogens (tertiary/aromatic N) is 2. The van der Waals surface area contributed by atoms with Crippen LogP contribution in [0.5, 0.6) is 0 Å². The fourth-order valence-electron chi connectivity index (χ4n) is 2.61. The summed E-state index contributed by atoms with van der Waals surface area (Å²) in [6, 6.07) is 2.17. The Balaban J connectivity index is 1.60. The van der Waals surface area contributed by atoms with Crippen LogP contribution in [-0.4, -0.2) is 46.8 Å². The van der Waals surface area contributed by atoms with Gasteiger partial charge < -0.3 is 19.8 Å². The molecule has 1 aromatic heterocycles. The molecule has 112 valence electrons. The number of likely N-dealkylation sites (tertiary alicyclic amines) is 1. The number of aromatic nitrogens is 1. The van der Waals surface area contributed by atoms with Gasteiger partial charge in [-0.1, -0.05) is 11.6 Å². The second kappa shape index (κ2) is 7.40. The van der Waals surface area contributed by atoms with Crippen molar-refractivity contribution in [2.45, 2.75) is 45.2 Å². The molecule has 1 atom stereocenters. The summed E-state index contributed by atoms with van der Waals surface area (Å²) >= 11 is 0. The molecule has 0 saturated carbocycles. The van der Waals surface area contributed by atoms with E-state index >= 15 is 0 Å². The Morgan fingerprint density at radius 2 is 2.45 bits per heavy atom. The van der Waals surface area contributed by atoms with Crippen LogP contribution in [0.15, 0.2) is 10.6 Å². The van der Waals surface area contributed by atoms with E-state index in [1.807, 2.05) is 0 Å². The van der Waals surface area contributed by atoms with E-state index in [-0.39, 0.29) is 5.69 Å². The Labute approximate surface area is 119 Å². The minimum atomic E-state index is -1.06. The lowest BCUT2D eigenvalue weighted by Gasteiger charge is -2.33. The van der Waals surface area contributed by atoms with Gasteiger partial charge in [0.05, 0.1) is 6.54 Å². The minimum absolute atomic E-state index is 0.0380. The van der Waals surface area contributed by atoms with Gasteiger partial charge in [-0.05, 0) is 45.8 Å². The lowest BCUT2D eigenvalue weighted by atomic mass is 10.0. The Kier molecular flexibility index (Phi) is 5.55. The Hall–Kier alpha value is -1.40. The van der Waals surface area contributed by atoms with E-state index in [0.29, 0.717) is 18.3 Å². The molecule has 6 nitrogen and oxygen atoms in total. The highest BCUT2D eigenvalue weighted by Gasteiger charge is 2.17. The van der Waals surface area contributed by atoms with Crippen molar-refractivity contribution in [3.63, 3.8) is 0 Å². The largest absolute Gasteiger partial charge is 0.476 e. The molecule has 0 spiro atoms. The molecule has 0 bridgehead atoms. The van der Waals surface area contributed by atoms with E-state index in [2.05, 4.69) is 22.3 Å². The summed E-state index contributed by atoms with van der Waals surface area (Å²) in [4.78, 5) is 13.2. The van der Waals surface area contributed by atoms with Crippen LogP contribution < -0.4 is 5.32 Å². The molecule has 1 unspecified atom stereocenters. The van der Waals surface area contributed by atoms with Gasteiger partial charge >= 0.3 is 5.97 Å². The average molecular weight is 281 g/mol. The number of carboxylic acids is 1. The minimum Gasteiger partial charge on any atom is -0.476 e. The maximum Gasteiger partial charge on any atom is 0.358 e. The smallest absolute Gasteiger partial charge is 0.358 e. The number of hydrogen-bond acceptors (Lipinski definition) is 5. The van der Waals surface area contributed by atoms with Crippen LogP contribution >= 0.6 is 0 Å². The van der Waals surface area contributed by atoms with Gasteiger partial charge in [-0.15, -0.1) is 0 Å². The van der Waals surface area contributed by atoms with Gasteiger partial charge in [0.2, 0.25) is 0 Å². The van der Waals surface area contributed by atoms with Gasteiger partial charge in [0, 0.05) is 12.1 Å². The summed E-state index contributed by atoms with van der Waals surface area (Å²) in [5.41, 5.74) is -0.0380. The maximum absolute atomic E-state index is 10.6. The highest BCUT2D eigenvalue weighted by molar-refractivity contribution is 5.85. The lowest BCUT2D eigenvalue weighted by Crippen LogP contribution is -2.38. The third kappa shape index (κ3) is 4.31. The average Bonchev–Trinajstić information content (AvgIpc) is 2.89. The Morgan fingerprint density at radius 1 is 1.60 bits per heavy atom. The molecule has 0 aromatic carbocycles. The molecule has 0 aliphatic carbocycles. The van der Waals surface area contributed by atoms with Gasteiger partial charge in [0.1, 0.15) is 0 Å². The standard InChI is InChI=1S/C14H23N3O3/c1-11-5-2-3-7-17(11)8-4-6-15-10-12-9-13(14(18)19)16-20-12/h9,11,15H,2-8,10H2,1H3,(H,18,19). The van der Waals surface area contributed by atoms with Gasteiger partial charge in [-0.2, -0.15) is 0 Å². The molecule has 1 aliphatic heterocycles.